The van der Waals surface area contributed by atoms with E-state index in [2.05, 4.69) is 10.6 Å². The van der Waals surface area contributed by atoms with Crippen molar-refractivity contribution >= 4 is 17.7 Å². The van der Waals surface area contributed by atoms with Crippen molar-refractivity contribution in [1.29, 1.82) is 0 Å². The van der Waals surface area contributed by atoms with E-state index in [0.29, 0.717) is 0 Å². The molecule has 18 heavy (non-hydrogen) atoms. The molecule has 1 fully saturated rings. The van der Waals surface area contributed by atoms with Crippen molar-refractivity contribution in [3.63, 3.8) is 0 Å². The van der Waals surface area contributed by atoms with Crippen molar-refractivity contribution in [3.05, 3.63) is 23.2 Å². The van der Waals surface area contributed by atoms with Crippen LogP contribution in [0.1, 0.15) is 30.0 Å². The maximum Gasteiger partial charge on any atom is 0.238 e. The number of thioether (sulfide) groups is 1. The second-order valence-electron chi connectivity index (χ2n) is 4.68. The van der Waals surface area contributed by atoms with Gasteiger partial charge in [0.15, 0.2) is 0 Å². The summed E-state index contributed by atoms with van der Waals surface area (Å²) in [6, 6.07) is 1.91. The van der Waals surface area contributed by atoms with E-state index in [1.165, 1.54) is 0 Å². The standard InChI is InChI=1S/C13H20N2O2S/c1-8-6-11(10(3)17-8)9(2)15-13(16)12-7-18-5-4-14-12/h6,9,12,14H,4-5,7H2,1-3H3,(H,15,16). The van der Waals surface area contributed by atoms with Crippen molar-refractivity contribution in [2.75, 3.05) is 18.1 Å². The molecule has 0 aromatic carbocycles. The molecule has 2 unspecified atom stereocenters. The van der Waals surface area contributed by atoms with Crippen LogP contribution in [0.15, 0.2) is 10.5 Å². The quantitative estimate of drug-likeness (QED) is 0.877. The number of nitrogens with one attached hydrogen (secondary N) is 2. The van der Waals surface area contributed by atoms with Crippen LogP contribution >= 0.6 is 11.8 Å². The summed E-state index contributed by atoms with van der Waals surface area (Å²) in [6.45, 7) is 6.75. The van der Waals surface area contributed by atoms with E-state index in [1.54, 1.807) is 0 Å². The second-order valence-corrected chi connectivity index (χ2v) is 5.83. The molecule has 4 nitrogen and oxygen atoms in total. The van der Waals surface area contributed by atoms with Crippen LogP contribution < -0.4 is 10.6 Å². The summed E-state index contributed by atoms with van der Waals surface area (Å²) in [6.07, 6.45) is 0. The number of carbonyl (C=O) groups excluding carboxylic acids is 1. The van der Waals surface area contributed by atoms with Gasteiger partial charge in [0.2, 0.25) is 5.91 Å². The molecule has 1 aliphatic rings. The summed E-state index contributed by atoms with van der Waals surface area (Å²) in [5, 5.41) is 6.28. The van der Waals surface area contributed by atoms with Crippen molar-refractivity contribution in [3.8, 4) is 0 Å². The van der Waals surface area contributed by atoms with Crippen LogP contribution in [0.25, 0.3) is 0 Å². The average molecular weight is 268 g/mol. The summed E-state index contributed by atoms with van der Waals surface area (Å²) in [4.78, 5) is 12.1. The number of carbonyl (C=O) groups is 1. The lowest BCUT2D eigenvalue weighted by Crippen LogP contribution is -2.49. The van der Waals surface area contributed by atoms with Gasteiger partial charge in [0.25, 0.3) is 0 Å². The zero-order chi connectivity index (χ0) is 13.1. The Balaban J connectivity index is 1.96. The SMILES string of the molecule is Cc1cc(C(C)NC(=O)C2CSCCN2)c(C)o1. The summed E-state index contributed by atoms with van der Waals surface area (Å²) in [5.41, 5.74) is 1.06. The third-order valence-electron chi connectivity index (χ3n) is 3.14. The Bertz CT molecular complexity index is 425. The van der Waals surface area contributed by atoms with Gasteiger partial charge in [0.1, 0.15) is 11.5 Å². The van der Waals surface area contributed by atoms with Crippen LogP contribution in [-0.4, -0.2) is 30.0 Å². The lowest BCUT2D eigenvalue weighted by molar-refractivity contribution is -0.123. The number of aryl methyl sites for hydroxylation is 2. The monoisotopic (exact) mass is 268 g/mol. The highest BCUT2D eigenvalue weighted by molar-refractivity contribution is 7.99. The summed E-state index contributed by atoms with van der Waals surface area (Å²) >= 11 is 1.82. The number of hydrogen-bond acceptors (Lipinski definition) is 4. The maximum absolute atomic E-state index is 12.1. The molecule has 1 amide bonds. The van der Waals surface area contributed by atoms with Gasteiger partial charge >= 0.3 is 0 Å². The maximum atomic E-state index is 12.1. The topological polar surface area (TPSA) is 54.3 Å². The minimum absolute atomic E-state index is 0.0105. The number of furan rings is 1. The van der Waals surface area contributed by atoms with Crippen LogP contribution in [0.2, 0.25) is 0 Å². The first-order valence-electron chi connectivity index (χ1n) is 6.26. The smallest absolute Gasteiger partial charge is 0.238 e. The van der Waals surface area contributed by atoms with Crippen molar-refractivity contribution in [1.82, 2.24) is 10.6 Å². The largest absolute Gasteiger partial charge is 0.466 e. The van der Waals surface area contributed by atoms with Crippen LogP contribution in [0.5, 0.6) is 0 Å². The molecule has 1 aromatic heterocycles. The fourth-order valence-electron chi connectivity index (χ4n) is 2.21. The number of amides is 1. The molecular weight excluding hydrogens is 248 g/mol. The number of rotatable bonds is 3. The van der Waals surface area contributed by atoms with Crippen LogP contribution in [0.4, 0.5) is 0 Å². The molecular formula is C13H20N2O2S. The molecule has 2 atom stereocenters. The molecule has 1 saturated heterocycles. The zero-order valence-corrected chi connectivity index (χ0v) is 11.9. The Kier molecular flexibility index (Phi) is 4.35. The van der Waals surface area contributed by atoms with E-state index in [0.717, 1.165) is 35.1 Å². The Hall–Kier alpha value is -0.940. The Labute approximate surface area is 112 Å². The second kappa shape index (κ2) is 5.80. The highest BCUT2D eigenvalue weighted by Gasteiger charge is 2.23. The third kappa shape index (κ3) is 3.09. The van der Waals surface area contributed by atoms with Gasteiger partial charge in [-0.25, -0.2) is 0 Å². The van der Waals surface area contributed by atoms with Gasteiger partial charge in [-0.1, -0.05) is 0 Å². The van der Waals surface area contributed by atoms with Crippen molar-refractivity contribution in [2.24, 2.45) is 0 Å². The molecule has 1 aliphatic heterocycles. The predicted octanol–water partition coefficient (Wildman–Crippen LogP) is 1.78. The molecule has 2 rings (SSSR count). The molecule has 0 saturated carbocycles. The summed E-state index contributed by atoms with van der Waals surface area (Å²) in [5.74, 6) is 3.77. The van der Waals surface area contributed by atoms with Gasteiger partial charge in [-0.2, -0.15) is 11.8 Å². The first-order valence-corrected chi connectivity index (χ1v) is 7.42. The van der Waals surface area contributed by atoms with Gasteiger partial charge in [-0.05, 0) is 26.8 Å². The van der Waals surface area contributed by atoms with Crippen molar-refractivity contribution in [2.45, 2.75) is 32.9 Å². The molecule has 2 heterocycles. The normalized spacial score (nSPS) is 21.6. The van der Waals surface area contributed by atoms with Gasteiger partial charge in [-0.15, -0.1) is 0 Å². The molecule has 0 spiro atoms. The highest BCUT2D eigenvalue weighted by Crippen LogP contribution is 2.21. The highest BCUT2D eigenvalue weighted by atomic mass is 32.2. The van der Waals surface area contributed by atoms with Crippen LogP contribution in [0, 0.1) is 13.8 Å². The Morgan fingerprint density at radius 3 is 2.94 bits per heavy atom. The molecule has 5 heteroatoms. The van der Waals surface area contributed by atoms with E-state index in [1.807, 2.05) is 38.6 Å². The third-order valence-corrected chi connectivity index (χ3v) is 4.20. The molecule has 2 N–H and O–H groups in total. The van der Waals surface area contributed by atoms with Crippen LogP contribution in [-0.2, 0) is 4.79 Å². The van der Waals surface area contributed by atoms with E-state index in [9.17, 15) is 4.79 Å². The van der Waals surface area contributed by atoms with E-state index in [-0.39, 0.29) is 18.0 Å². The minimum atomic E-state index is -0.0699. The molecule has 100 valence electrons. The van der Waals surface area contributed by atoms with Gasteiger partial charge in [0.05, 0.1) is 12.1 Å². The van der Waals surface area contributed by atoms with Crippen LogP contribution in [0.3, 0.4) is 0 Å². The zero-order valence-electron chi connectivity index (χ0n) is 11.1. The van der Waals surface area contributed by atoms with Gasteiger partial charge in [0, 0.05) is 23.6 Å². The van der Waals surface area contributed by atoms with Crippen molar-refractivity contribution < 1.29 is 9.21 Å². The first kappa shape index (κ1) is 13.5. The van der Waals surface area contributed by atoms with E-state index < -0.39 is 0 Å². The molecule has 0 radical (unpaired) electrons. The first-order chi connectivity index (χ1) is 8.58. The van der Waals surface area contributed by atoms with E-state index in [4.69, 9.17) is 4.42 Å². The molecule has 0 bridgehead atoms. The Morgan fingerprint density at radius 2 is 2.39 bits per heavy atom. The Morgan fingerprint density at radius 1 is 1.61 bits per heavy atom. The van der Waals surface area contributed by atoms with Gasteiger partial charge < -0.3 is 15.1 Å². The van der Waals surface area contributed by atoms with E-state index >= 15 is 0 Å². The summed E-state index contributed by atoms with van der Waals surface area (Å²) < 4.78 is 5.49. The molecule has 1 aromatic rings. The van der Waals surface area contributed by atoms with Gasteiger partial charge in [-0.3, -0.25) is 4.79 Å². The fraction of sp³-hybridized carbons (Fsp3) is 0.615. The molecule has 0 aliphatic carbocycles. The minimum Gasteiger partial charge on any atom is -0.466 e. The predicted molar refractivity (Wildman–Crippen MR) is 73.9 cm³/mol. The lowest BCUT2D eigenvalue weighted by Gasteiger charge is -2.24. The summed E-state index contributed by atoms with van der Waals surface area (Å²) in [7, 11) is 0. The average Bonchev–Trinajstić information content (AvgIpc) is 2.69. The number of hydrogen-bond donors (Lipinski definition) is 2. The fourth-order valence-corrected chi connectivity index (χ4v) is 3.14. The lowest BCUT2D eigenvalue weighted by atomic mass is 10.1.